The SMILES string of the molecule is CC(C)c1ccccc1NC(=O)CN1CCN(Cc2cccc(Cl)c2)CC1. The maximum absolute atomic E-state index is 12.5. The lowest BCUT2D eigenvalue weighted by Crippen LogP contribution is -2.48. The quantitative estimate of drug-likeness (QED) is 0.808. The van der Waals surface area contributed by atoms with Crippen LogP contribution in [0.25, 0.3) is 0 Å². The zero-order chi connectivity index (χ0) is 19.2. The molecule has 0 atom stereocenters. The Hall–Kier alpha value is -1.88. The highest BCUT2D eigenvalue weighted by Gasteiger charge is 2.19. The van der Waals surface area contributed by atoms with E-state index in [-0.39, 0.29) is 5.91 Å². The molecule has 0 aliphatic carbocycles. The molecule has 1 heterocycles. The number of benzene rings is 2. The molecule has 1 aliphatic rings. The van der Waals surface area contributed by atoms with E-state index in [9.17, 15) is 4.79 Å². The lowest BCUT2D eigenvalue weighted by molar-refractivity contribution is -0.117. The number of carbonyl (C=O) groups excluding carboxylic acids is 1. The number of rotatable bonds is 6. The molecule has 0 bridgehead atoms. The number of anilines is 1. The van der Waals surface area contributed by atoms with Crippen LogP contribution in [0.5, 0.6) is 0 Å². The van der Waals surface area contributed by atoms with Crippen molar-refractivity contribution in [3.05, 3.63) is 64.7 Å². The van der Waals surface area contributed by atoms with Gasteiger partial charge in [-0.2, -0.15) is 0 Å². The van der Waals surface area contributed by atoms with E-state index < -0.39 is 0 Å². The predicted octanol–water partition coefficient (Wildman–Crippen LogP) is 4.22. The standard InChI is InChI=1S/C22H28ClN3O/c1-17(2)20-8-3-4-9-21(20)24-22(27)16-26-12-10-25(11-13-26)15-18-6-5-7-19(23)14-18/h3-9,14,17H,10-13,15-16H2,1-2H3,(H,24,27). The van der Waals surface area contributed by atoms with Gasteiger partial charge < -0.3 is 5.32 Å². The Morgan fingerprint density at radius 2 is 1.74 bits per heavy atom. The molecule has 27 heavy (non-hydrogen) atoms. The highest BCUT2D eigenvalue weighted by Crippen LogP contribution is 2.23. The molecule has 0 saturated carbocycles. The van der Waals surface area contributed by atoms with Crippen molar-refractivity contribution in [2.45, 2.75) is 26.3 Å². The zero-order valence-electron chi connectivity index (χ0n) is 16.1. The summed E-state index contributed by atoms with van der Waals surface area (Å²) in [6.45, 7) is 9.36. The molecule has 144 valence electrons. The van der Waals surface area contributed by atoms with Crippen LogP contribution < -0.4 is 5.32 Å². The molecule has 0 unspecified atom stereocenters. The minimum absolute atomic E-state index is 0.0615. The van der Waals surface area contributed by atoms with Crippen LogP contribution in [0.3, 0.4) is 0 Å². The molecule has 1 aliphatic heterocycles. The van der Waals surface area contributed by atoms with Crippen molar-refractivity contribution in [3.8, 4) is 0 Å². The summed E-state index contributed by atoms with van der Waals surface area (Å²) in [7, 11) is 0. The van der Waals surface area contributed by atoms with E-state index >= 15 is 0 Å². The first-order valence-corrected chi connectivity index (χ1v) is 9.97. The van der Waals surface area contributed by atoms with Crippen molar-refractivity contribution in [2.24, 2.45) is 0 Å². The average Bonchev–Trinajstić information content (AvgIpc) is 2.63. The van der Waals surface area contributed by atoms with Gasteiger partial charge in [0.2, 0.25) is 5.91 Å². The normalized spacial score (nSPS) is 15.9. The van der Waals surface area contributed by atoms with E-state index in [4.69, 9.17) is 11.6 Å². The summed E-state index contributed by atoms with van der Waals surface area (Å²) in [6, 6.07) is 16.1. The lowest BCUT2D eigenvalue weighted by Gasteiger charge is -2.34. The molecule has 4 nitrogen and oxygen atoms in total. The lowest BCUT2D eigenvalue weighted by atomic mass is 10.0. The van der Waals surface area contributed by atoms with Gasteiger partial charge in [-0.05, 0) is 35.2 Å². The van der Waals surface area contributed by atoms with Crippen molar-refractivity contribution in [2.75, 3.05) is 38.0 Å². The summed E-state index contributed by atoms with van der Waals surface area (Å²) in [4.78, 5) is 17.1. The van der Waals surface area contributed by atoms with Crippen LogP contribution in [0.4, 0.5) is 5.69 Å². The molecule has 1 saturated heterocycles. The second-order valence-corrected chi connectivity index (χ2v) is 7.91. The molecule has 1 fully saturated rings. The molecule has 5 heteroatoms. The summed E-state index contributed by atoms with van der Waals surface area (Å²) >= 11 is 6.07. The Morgan fingerprint density at radius 3 is 2.44 bits per heavy atom. The first kappa shape index (κ1) is 19.9. The van der Waals surface area contributed by atoms with E-state index in [2.05, 4.69) is 41.1 Å². The second-order valence-electron chi connectivity index (χ2n) is 7.47. The van der Waals surface area contributed by atoms with Crippen LogP contribution in [0, 0.1) is 0 Å². The Bertz CT molecular complexity index is 770. The van der Waals surface area contributed by atoms with Gasteiger partial charge in [0.15, 0.2) is 0 Å². The molecular weight excluding hydrogens is 358 g/mol. The summed E-state index contributed by atoms with van der Waals surface area (Å²) < 4.78 is 0. The van der Waals surface area contributed by atoms with E-state index in [1.54, 1.807) is 0 Å². The Balaban J connectivity index is 1.47. The maximum Gasteiger partial charge on any atom is 0.238 e. The highest BCUT2D eigenvalue weighted by atomic mass is 35.5. The van der Waals surface area contributed by atoms with Crippen molar-refractivity contribution in [1.82, 2.24) is 9.80 Å². The third-order valence-corrected chi connectivity index (χ3v) is 5.22. The molecule has 2 aromatic rings. The van der Waals surface area contributed by atoms with Crippen LogP contribution in [-0.2, 0) is 11.3 Å². The van der Waals surface area contributed by atoms with Crippen LogP contribution in [0.15, 0.2) is 48.5 Å². The Labute approximate surface area is 167 Å². The van der Waals surface area contributed by atoms with E-state index in [0.29, 0.717) is 12.5 Å². The van der Waals surface area contributed by atoms with Crippen LogP contribution in [0.2, 0.25) is 5.02 Å². The molecule has 1 amide bonds. The predicted molar refractivity (Wildman–Crippen MR) is 112 cm³/mol. The van der Waals surface area contributed by atoms with Gasteiger partial charge in [0.05, 0.1) is 6.54 Å². The van der Waals surface area contributed by atoms with Gasteiger partial charge in [0.1, 0.15) is 0 Å². The van der Waals surface area contributed by atoms with Gasteiger partial charge in [-0.15, -0.1) is 0 Å². The van der Waals surface area contributed by atoms with E-state index in [1.165, 1.54) is 11.1 Å². The maximum atomic E-state index is 12.5. The molecule has 0 spiro atoms. The van der Waals surface area contributed by atoms with Gasteiger partial charge >= 0.3 is 0 Å². The topological polar surface area (TPSA) is 35.6 Å². The number of piperazine rings is 1. The molecule has 0 radical (unpaired) electrons. The third-order valence-electron chi connectivity index (χ3n) is 4.98. The van der Waals surface area contributed by atoms with Gasteiger partial charge in [-0.25, -0.2) is 0 Å². The monoisotopic (exact) mass is 385 g/mol. The first-order chi connectivity index (χ1) is 13.0. The summed E-state index contributed by atoms with van der Waals surface area (Å²) in [6.07, 6.45) is 0. The van der Waals surface area contributed by atoms with E-state index in [0.717, 1.165) is 43.4 Å². The fraction of sp³-hybridized carbons (Fsp3) is 0.409. The van der Waals surface area contributed by atoms with Crippen molar-refractivity contribution in [1.29, 1.82) is 0 Å². The zero-order valence-corrected chi connectivity index (χ0v) is 16.9. The molecular formula is C22H28ClN3O. The fourth-order valence-corrected chi connectivity index (χ4v) is 3.72. The molecule has 2 aromatic carbocycles. The number of halogens is 1. The van der Waals surface area contributed by atoms with Crippen molar-refractivity contribution in [3.63, 3.8) is 0 Å². The summed E-state index contributed by atoms with van der Waals surface area (Å²) in [5.41, 5.74) is 3.34. The van der Waals surface area contributed by atoms with Crippen LogP contribution in [0.1, 0.15) is 30.9 Å². The number of nitrogens with zero attached hydrogens (tertiary/aromatic N) is 2. The minimum Gasteiger partial charge on any atom is -0.325 e. The fourth-order valence-electron chi connectivity index (χ4n) is 3.51. The number of carbonyl (C=O) groups is 1. The van der Waals surface area contributed by atoms with E-state index in [1.807, 2.05) is 36.4 Å². The number of hydrogen-bond donors (Lipinski definition) is 1. The van der Waals surface area contributed by atoms with Crippen molar-refractivity contribution >= 4 is 23.2 Å². The van der Waals surface area contributed by atoms with Crippen molar-refractivity contribution < 1.29 is 4.79 Å². The van der Waals surface area contributed by atoms with Gasteiger partial charge in [-0.1, -0.05) is 55.8 Å². The molecule has 1 N–H and O–H groups in total. The third kappa shape index (κ3) is 5.80. The minimum atomic E-state index is 0.0615. The number of hydrogen-bond acceptors (Lipinski definition) is 3. The van der Waals surface area contributed by atoms with Crippen LogP contribution >= 0.6 is 11.6 Å². The average molecular weight is 386 g/mol. The number of nitrogens with one attached hydrogen (secondary N) is 1. The van der Waals surface area contributed by atoms with Gasteiger partial charge in [0.25, 0.3) is 0 Å². The number of amides is 1. The van der Waals surface area contributed by atoms with Crippen LogP contribution in [-0.4, -0.2) is 48.4 Å². The first-order valence-electron chi connectivity index (χ1n) is 9.59. The Morgan fingerprint density at radius 1 is 1.04 bits per heavy atom. The highest BCUT2D eigenvalue weighted by molar-refractivity contribution is 6.30. The number of para-hydroxylation sites is 1. The largest absolute Gasteiger partial charge is 0.325 e. The molecule has 0 aromatic heterocycles. The smallest absolute Gasteiger partial charge is 0.238 e. The molecule has 3 rings (SSSR count). The van der Waals surface area contributed by atoms with Gasteiger partial charge in [-0.3, -0.25) is 14.6 Å². The summed E-state index contributed by atoms with van der Waals surface area (Å²) in [5.74, 6) is 0.447. The second kappa shape index (κ2) is 9.36. The summed E-state index contributed by atoms with van der Waals surface area (Å²) in [5, 5.41) is 3.87. The van der Waals surface area contributed by atoms with Gasteiger partial charge in [0, 0.05) is 43.4 Å². The Kier molecular flexibility index (Phi) is 6.89.